The minimum atomic E-state index is -0.315. The van der Waals surface area contributed by atoms with E-state index in [2.05, 4.69) is 5.32 Å². The summed E-state index contributed by atoms with van der Waals surface area (Å²) in [5, 5.41) is 14.5. The Morgan fingerprint density at radius 2 is 1.70 bits per heavy atom. The molecule has 0 bridgehead atoms. The third kappa shape index (κ3) is 3.43. The number of phenols is 1. The van der Waals surface area contributed by atoms with Crippen LogP contribution in [0.4, 0.5) is 0 Å². The molecule has 0 spiro atoms. The van der Waals surface area contributed by atoms with Crippen molar-refractivity contribution in [1.82, 2.24) is 5.32 Å². The van der Waals surface area contributed by atoms with Crippen LogP contribution in [-0.4, -0.2) is 24.2 Å². The third-order valence-corrected chi connectivity index (χ3v) is 3.54. The zero-order valence-corrected chi connectivity index (χ0v) is 12.5. The minimum absolute atomic E-state index is 0.0278. The number of aromatic hydroxyl groups is 1. The fraction of sp³-hybridized carbons (Fsp3) is 0.105. The molecule has 2 N–H and O–H groups in total. The number of fused-ring (bicyclic) bond motifs is 1. The van der Waals surface area contributed by atoms with Gasteiger partial charge in [0.2, 0.25) is 0 Å². The highest BCUT2D eigenvalue weighted by Gasteiger charge is 2.09. The van der Waals surface area contributed by atoms with Crippen molar-refractivity contribution in [2.45, 2.75) is 0 Å². The fourth-order valence-electron chi connectivity index (χ4n) is 2.41. The first-order valence-electron chi connectivity index (χ1n) is 7.42. The summed E-state index contributed by atoms with van der Waals surface area (Å²) in [5.74, 6) is 0.449. The van der Waals surface area contributed by atoms with Crippen LogP contribution in [0.15, 0.2) is 66.7 Å². The van der Waals surface area contributed by atoms with Gasteiger partial charge in [-0.25, -0.2) is 0 Å². The van der Waals surface area contributed by atoms with Crippen LogP contribution in [0.1, 0.15) is 10.4 Å². The summed E-state index contributed by atoms with van der Waals surface area (Å²) in [6, 6.07) is 20.3. The monoisotopic (exact) mass is 307 g/mol. The lowest BCUT2D eigenvalue weighted by Gasteiger charge is -2.10. The van der Waals surface area contributed by atoms with Gasteiger partial charge in [-0.1, -0.05) is 48.5 Å². The van der Waals surface area contributed by atoms with Crippen molar-refractivity contribution >= 4 is 16.7 Å². The zero-order valence-electron chi connectivity index (χ0n) is 12.5. The summed E-state index contributed by atoms with van der Waals surface area (Å²) < 4.78 is 5.76. The van der Waals surface area contributed by atoms with Crippen LogP contribution in [-0.2, 0) is 0 Å². The third-order valence-electron chi connectivity index (χ3n) is 3.54. The van der Waals surface area contributed by atoms with E-state index >= 15 is 0 Å². The standard InChI is InChI=1S/C19H17NO3/c21-17-10-4-3-9-16(17)19(22)20-12-13-23-18-11-5-7-14-6-1-2-8-15(14)18/h1-11,21H,12-13H2,(H,20,22). The fourth-order valence-corrected chi connectivity index (χ4v) is 2.41. The molecule has 4 heteroatoms. The van der Waals surface area contributed by atoms with Gasteiger partial charge in [0, 0.05) is 5.39 Å². The van der Waals surface area contributed by atoms with Crippen molar-refractivity contribution in [2.24, 2.45) is 0 Å². The number of carbonyl (C=O) groups is 1. The predicted octanol–water partition coefficient (Wildman–Crippen LogP) is 3.35. The van der Waals surface area contributed by atoms with Gasteiger partial charge in [-0.05, 0) is 23.6 Å². The Bertz CT molecular complexity index is 824. The second-order valence-electron chi connectivity index (χ2n) is 5.10. The van der Waals surface area contributed by atoms with Gasteiger partial charge in [0.15, 0.2) is 0 Å². The number of nitrogens with one attached hydrogen (secondary N) is 1. The number of ether oxygens (including phenoxy) is 1. The summed E-state index contributed by atoms with van der Waals surface area (Å²) in [5.41, 5.74) is 0.262. The largest absolute Gasteiger partial charge is 0.507 e. The predicted molar refractivity (Wildman–Crippen MR) is 89.9 cm³/mol. The number of para-hydroxylation sites is 1. The van der Waals surface area contributed by atoms with E-state index in [9.17, 15) is 9.90 Å². The van der Waals surface area contributed by atoms with Gasteiger partial charge < -0.3 is 15.2 Å². The molecular weight excluding hydrogens is 290 g/mol. The molecule has 23 heavy (non-hydrogen) atoms. The van der Waals surface area contributed by atoms with E-state index in [1.165, 1.54) is 6.07 Å². The Kier molecular flexibility index (Phi) is 4.43. The first-order chi connectivity index (χ1) is 11.3. The maximum Gasteiger partial charge on any atom is 0.255 e. The molecule has 3 aromatic carbocycles. The maximum absolute atomic E-state index is 12.0. The van der Waals surface area contributed by atoms with Gasteiger partial charge in [0.05, 0.1) is 12.1 Å². The quantitative estimate of drug-likeness (QED) is 0.711. The molecule has 0 unspecified atom stereocenters. The van der Waals surface area contributed by atoms with E-state index in [0.29, 0.717) is 13.2 Å². The number of benzene rings is 3. The Morgan fingerprint density at radius 1 is 0.957 bits per heavy atom. The van der Waals surface area contributed by atoms with E-state index in [4.69, 9.17) is 4.74 Å². The van der Waals surface area contributed by atoms with Gasteiger partial charge in [0.1, 0.15) is 18.1 Å². The normalized spacial score (nSPS) is 10.4. The second kappa shape index (κ2) is 6.83. The molecule has 3 rings (SSSR count). The molecule has 0 atom stereocenters. The molecule has 116 valence electrons. The Hall–Kier alpha value is -3.01. The molecule has 0 radical (unpaired) electrons. The van der Waals surface area contributed by atoms with Gasteiger partial charge in [0.25, 0.3) is 5.91 Å². The summed E-state index contributed by atoms with van der Waals surface area (Å²) in [6.45, 7) is 0.712. The highest BCUT2D eigenvalue weighted by Crippen LogP contribution is 2.24. The van der Waals surface area contributed by atoms with Crippen molar-refractivity contribution < 1.29 is 14.6 Å². The average molecular weight is 307 g/mol. The van der Waals surface area contributed by atoms with E-state index in [0.717, 1.165) is 16.5 Å². The lowest BCUT2D eigenvalue weighted by molar-refractivity contribution is 0.0944. The highest BCUT2D eigenvalue weighted by molar-refractivity contribution is 5.96. The Labute approximate surface area is 134 Å². The molecule has 0 aliphatic heterocycles. The summed E-state index contributed by atoms with van der Waals surface area (Å²) in [4.78, 5) is 12.0. The van der Waals surface area contributed by atoms with E-state index in [-0.39, 0.29) is 17.2 Å². The molecule has 4 nitrogen and oxygen atoms in total. The molecule has 0 aliphatic carbocycles. The van der Waals surface area contributed by atoms with Crippen LogP contribution < -0.4 is 10.1 Å². The van der Waals surface area contributed by atoms with Gasteiger partial charge in [-0.2, -0.15) is 0 Å². The van der Waals surface area contributed by atoms with Crippen molar-refractivity contribution in [3.05, 3.63) is 72.3 Å². The highest BCUT2D eigenvalue weighted by atomic mass is 16.5. The minimum Gasteiger partial charge on any atom is -0.507 e. The SMILES string of the molecule is O=C(NCCOc1cccc2ccccc12)c1ccccc1O. The Balaban J connectivity index is 1.57. The molecule has 0 fully saturated rings. The number of hydrogen-bond acceptors (Lipinski definition) is 3. The zero-order chi connectivity index (χ0) is 16.1. The van der Waals surface area contributed by atoms with Crippen LogP contribution >= 0.6 is 0 Å². The van der Waals surface area contributed by atoms with Crippen LogP contribution in [0.3, 0.4) is 0 Å². The molecule has 0 aromatic heterocycles. The number of carbonyl (C=O) groups excluding carboxylic acids is 1. The number of phenolic OH excluding ortho intramolecular Hbond substituents is 1. The molecule has 1 amide bonds. The van der Waals surface area contributed by atoms with E-state index in [1.54, 1.807) is 18.2 Å². The number of hydrogen-bond donors (Lipinski definition) is 2. The van der Waals surface area contributed by atoms with Crippen molar-refractivity contribution in [2.75, 3.05) is 13.2 Å². The Morgan fingerprint density at radius 3 is 2.57 bits per heavy atom. The van der Waals surface area contributed by atoms with Crippen LogP contribution in [0.2, 0.25) is 0 Å². The first-order valence-corrected chi connectivity index (χ1v) is 7.42. The van der Waals surface area contributed by atoms with Crippen LogP contribution in [0.25, 0.3) is 10.8 Å². The lowest BCUT2D eigenvalue weighted by atomic mass is 10.1. The second-order valence-corrected chi connectivity index (χ2v) is 5.10. The topological polar surface area (TPSA) is 58.6 Å². The van der Waals surface area contributed by atoms with Crippen molar-refractivity contribution in [1.29, 1.82) is 0 Å². The van der Waals surface area contributed by atoms with Gasteiger partial charge in [-0.15, -0.1) is 0 Å². The smallest absolute Gasteiger partial charge is 0.255 e. The van der Waals surface area contributed by atoms with Gasteiger partial charge in [-0.3, -0.25) is 4.79 Å². The average Bonchev–Trinajstić information content (AvgIpc) is 2.59. The maximum atomic E-state index is 12.0. The van der Waals surface area contributed by atoms with E-state index < -0.39 is 0 Å². The van der Waals surface area contributed by atoms with Crippen LogP contribution in [0, 0.1) is 0 Å². The summed E-state index contributed by atoms with van der Waals surface area (Å²) in [7, 11) is 0. The first kappa shape index (κ1) is 14.9. The van der Waals surface area contributed by atoms with E-state index in [1.807, 2.05) is 42.5 Å². The summed E-state index contributed by atoms with van der Waals surface area (Å²) in [6.07, 6.45) is 0. The van der Waals surface area contributed by atoms with Crippen LogP contribution in [0.5, 0.6) is 11.5 Å². The number of rotatable bonds is 5. The molecule has 0 saturated carbocycles. The molecule has 3 aromatic rings. The molecule has 0 aliphatic rings. The number of amides is 1. The lowest BCUT2D eigenvalue weighted by Crippen LogP contribution is -2.28. The molecular formula is C19H17NO3. The molecule has 0 saturated heterocycles. The molecule has 0 heterocycles. The van der Waals surface area contributed by atoms with Gasteiger partial charge >= 0.3 is 0 Å². The van der Waals surface area contributed by atoms with Crippen molar-refractivity contribution in [3.63, 3.8) is 0 Å². The summed E-state index contributed by atoms with van der Waals surface area (Å²) >= 11 is 0. The van der Waals surface area contributed by atoms with Crippen molar-refractivity contribution in [3.8, 4) is 11.5 Å².